The van der Waals surface area contributed by atoms with Crippen molar-refractivity contribution in [1.29, 1.82) is 0 Å². The standard InChI is InChI=1S/C20H39N5O.HI/c1-6-17(7-2)19-15-18(26-24-19)16-23-20(21-3)22-13-11-9-8-10-12-14-25(4)5;/h15,17H,6-14,16H2,1-5H3,(H2,21,22,23);1H. The summed E-state index contributed by atoms with van der Waals surface area (Å²) < 4.78 is 5.44. The van der Waals surface area contributed by atoms with Crippen LogP contribution in [0.3, 0.4) is 0 Å². The van der Waals surface area contributed by atoms with Gasteiger partial charge in [0.1, 0.15) is 0 Å². The molecule has 0 fully saturated rings. The fourth-order valence-electron chi connectivity index (χ4n) is 2.99. The number of aliphatic imine (C=N–C) groups is 1. The number of hydrogen-bond acceptors (Lipinski definition) is 4. The molecule has 7 heteroatoms. The Hall–Kier alpha value is -0.830. The molecule has 0 saturated carbocycles. The van der Waals surface area contributed by atoms with Gasteiger partial charge in [-0.2, -0.15) is 0 Å². The zero-order valence-electron chi connectivity index (χ0n) is 17.9. The number of guanidine groups is 1. The first-order chi connectivity index (χ1) is 12.6. The number of nitrogens with one attached hydrogen (secondary N) is 2. The van der Waals surface area contributed by atoms with E-state index in [1.54, 1.807) is 7.05 Å². The zero-order valence-corrected chi connectivity index (χ0v) is 20.2. The molecular weight excluding hydrogens is 453 g/mol. The number of rotatable bonds is 13. The molecule has 0 saturated heterocycles. The molecule has 0 amide bonds. The van der Waals surface area contributed by atoms with E-state index in [1.165, 1.54) is 38.6 Å². The maximum absolute atomic E-state index is 5.44. The predicted molar refractivity (Wildman–Crippen MR) is 125 cm³/mol. The molecule has 6 nitrogen and oxygen atoms in total. The molecule has 0 bridgehead atoms. The minimum Gasteiger partial charge on any atom is -0.359 e. The van der Waals surface area contributed by atoms with Crippen molar-refractivity contribution < 1.29 is 4.52 Å². The summed E-state index contributed by atoms with van der Waals surface area (Å²) in [6.07, 6.45) is 8.53. The molecule has 0 aromatic carbocycles. The third-order valence-corrected chi connectivity index (χ3v) is 4.71. The molecule has 0 unspecified atom stereocenters. The van der Waals surface area contributed by atoms with E-state index in [1.807, 2.05) is 0 Å². The molecule has 0 spiro atoms. The summed E-state index contributed by atoms with van der Waals surface area (Å²) in [6, 6.07) is 2.06. The highest BCUT2D eigenvalue weighted by atomic mass is 127. The summed E-state index contributed by atoms with van der Waals surface area (Å²) in [6.45, 7) is 7.12. The monoisotopic (exact) mass is 493 g/mol. The third kappa shape index (κ3) is 11.6. The van der Waals surface area contributed by atoms with Crippen molar-refractivity contribution in [3.8, 4) is 0 Å². The van der Waals surface area contributed by atoms with E-state index in [4.69, 9.17) is 4.52 Å². The summed E-state index contributed by atoms with van der Waals surface area (Å²) in [5.41, 5.74) is 1.06. The smallest absolute Gasteiger partial charge is 0.191 e. The van der Waals surface area contributed by atoms with E-state index in [2.05, 4.69) is 59.7 Å². The fourth-order valence-corrected chi connectivity index (χ4v) is 2.99. The van der Waals surface area contributed by atoms with Gasteiger partial charge in [-0.3, -0.25) is 4.99 Å². The van der Waals surface area contributed by atoms with Crippen LogP contribution in [0.2, 0.25) is 0 Å². The van der Waals surface area contributed by atoms with Crippen molar-refractivity contribution in [2.45, 2.75) is 71.3 Å². The van der Waals surface area contributed by atoms with Gasteiger partial charge in [-0.05, 0) is 46.3 Å². The van der Waals surface area contributed by atoms with Crippen molar-refractivity contribution in [3.05, 3.63) is 17.5 Å². The Morgan fingerprint density at radius 3 is 2.41 bits per heavy atom. The van der Waals surface area contributed by atoms with E-state index in [-0.39, 0.29) is 24.0 Å². The van der Waals surface area contributed by atoms with Gasteiger partial charge in [-0.15, -0.1) is 24.0 Å². The SMILES string of the molecule is CCC(CC)c1cc(CNC(=NC)NCCCCCCCN(C)C)on1.I. The van der Waals surface area contributed by atoms with Crippen LogP contribution in [0.25, 0.3) is 0 Å². The van der Waals surface area contributed by atoms with E-state index < -0.39 is 0 Å². The van der Waals surface area contributed by atoms with Crippen LogP contribution < -0.4 is 10.6 Å². The van der Waals surface area contributed by atoms with Gasteiger partial charge in [0.05, 0.1) is 12.2 Å². The molecule has 0 radical (unpaired) electrons. The van der Waals surface area contributed by atoms with Crippen LogP contribution in [0.15, 0.2) is 15.6 Å². The molecule has 1 rings (SSSR count). The van der Waals surface area contributed by atoms with Crippen molar-refractivity contribution in [2.75, 3.05) is 34.2 Å². The van der Waals surface area contributed by atoms with Gasteiger partial charge in [0.2, 0.25) is 0 Å². The molecular formula is C20H40IN5O. The van der Waals surface area contributed by atoms with Crippen LogP contribution in [0, 0.1) is 0 Å². The maximum atomic E-state index is 5.44. The Balaban J connectivity index is 0.00000676. The van der Waals surface area contributed by atoms with Crippen LogP contribution in [0.4, 0.5) is 0 Å². The molecule has 1 aromatic heterocycles. The number of hydrogen-bond donors (Lipinski definition) is 2. The lowest BCUT2D eigenvalue weighted by atomic mass is 9.99. The van der Waals surface area contributed by atoms with Crippen molar-refractivity contribution in [2.24, 2.45) is 4.99 Å². The Bertz CT molecular complexity index is 500. The molecule has 0 aliphatic heterocycles. The van der Waals surface area contributed by atoms with Crippen LogP contribution in [0.5, 0.6) is 0 Å². The largest absolute Gasteiger partial charge is 0.359 e. The van der Waals surface area contributed by atoms with E-state index in [0.29, 0.717) is 12.5 Å². The summed E-state index contributed by atoms with van der Waals surface area (Å²) in [5.74, 6) is 2.16. The first-order valence-electron chi connectivity index (χ1n) is 10.1. The molecule has 1 aromatic rings. The molecule has 0 aliphatic carbocycles. The molecule has 1 heterocycles. The predicted octanol–water partition coefficient (Wildman–Crippen LogP) is 4.37. The summed E-state index contributed by atoms with van der Waals surface area (Å²) in [7, 11) is 6.06. The average molecular weight is 493 g/mol. The average Bonchev–Trinajstić information content (AvgIpc) is 3.09. The van der Waals surface area contributed by atoms with Crippen LogP contribution in [-0.2, 0) is 6.54 Å². The number of unbranched alkanes of at least 4 members (excludes halogenated alkanes) is 4. The highest BCUT2D eigenvalue weighted by Gasteiger charge is 2.13. The number of nitrogens with zero attached hydrogens (tertiary/aromatic N) is 3. The normalized spacial score (nSPS) is 11.7. The van der Waals surface area contributed by atoms with Crippen LogP contribution in [0.1, 0.15) is 76.2 Å². The minimum atomic E-state index is 0. The Kier molecular flexibility index (Phi) is 15.7. The van der Waals surface area contributed by atoms with Gasteiger partial charge in [0.15, 0.2) is 11.7 Å². The van der Waals surface area contributed by atoms with E-state index >= 15 is 0 Å². The van der Waals surface area contributed by atoms with Gasteiger partial charge in [-0.1, -0.05) is 38.3 Å². The van der Waals surface area contributed by atoms with E-state index in [9.17, 15) is 0 Å². The third-order valence-electron chi connectivity index (χ3n) is 4.71. The second kappa shape index (κ2) is 16.2. The fraction of sp³-hybridized carbons (Fsp3) is 0.800. The van der Waals surface area contributed by atoms with Gasteiger partial charge >= 0.3 is 0 Å². The summed E-state index contributed by atoms with van der Waals surface area (Å²) >= 11 is 0. The lowest BCUT2D eigenvalue weighted by molar-refractivity contribution is 0.368. The van der Waals surface area contributed by atoms with Gasteiger partial charge in [-0.25, -0.2) is 0 Å². The van der Waals surface area contributed by atoms with Crippen LogP contribution in [-0.4, -0.2) is 50.2 Å². The summed E-state index contributed by atoms with van der Waals surface area (Å²) in [4.78, 5) is 6.52. The first-order valence-corrected chi connectivity index (χ1v) is 10.1. The Morgan fingerprint density at radius 1 is 1.11 bits per heavy atom. The molecule has 2 N–H and O–H groups in total. The van der Waals surface area contributed by atoms with Crippen molar-refractivity contribution in [1.82, 2.24) is 20.7 Å². The second-order valence-electron chi connectivity index (χ2n) is 7.16. The zero-order chi connectivity index (χ0) is 19.2. The highest BCUT2D eigenvalue weighted by molar-refractivity contribution is 14.0. The quantitative estimate of drug-likeness (QED) is 0.185. The minimum absolute atomic E-state index is 0. The van der Waals surface area contributed by atoms with Crippen LogP contribution >= 0.6 is 24.0 Å². The lowest BCUT2D eigenvalue weighted by Crippen LogP contribution is -2.37. The lowest BCUT2D eigenvalue weighted by Gasteiger charge is -2.11. The van der Waals surface area contributed by atoms with Crippen molar-refractivity contribution in [3.63, 3.8) is 0 Å². The second-order valence-corrected chi connectivity index (χ2v) is 7.16. The van der Waals surface area contributed by atoms with Crippen molar-refractivity contribution >= 4 is 29.9 Å². The highest BCUT2D eigenvalue weighted by Crippen LogP contribution is 2.22. The maximum Gasteiger partial charge on any atom is 0.191 e. The topological polar surface area (TPSA) is 65.7 Å². The van der Waals surface area contributed by atoms with Gasteiger partial charge in [0, 0.05) is 25.6 Å². The first kappa shape index (κ1) is 26.2. The Labute approximate surface area is 182 Å². The van der Waals surface area contributed by atoms with Gasteiger partial charge in [0.25, 0.3) is 0 Å². The molecule has 0 aliphatic rings. The van der Waals surface area contributed by atoms with Gasteiger partial charge < -0.3 is 20.1 Å². The molecule has 0 atom stereocenters. The van der Waals surface area contributed by atoms with E-state index in [0.717, 1.165) is 36.8 Å². The molecule has 158 valence electrons. The number of halogens is 1. The summed E-state index contributed by atoms with van der Waals surface area (Å²) in [5, 5.41) is 10.9. The number of aromatic nitrogens is 1. The Morgan fingerprint density at radius 2 is 1.78 bits per heavy atom. The molecule has 27 heavy (non-hydrogen) atoms.